The molecule has 1 heterocycles. The summed E-state index contributed by atoms with van der Waals surface area (Å²) in [6.07, 6.45) is 1.61. The zero-order chi connectivity index (χ0) is 11.5. The zero-order valence-electron chi connectivity index (χ0n) is 9.18. The minimum Gasteiger partial charge on any atom is -0.464 e. The number of imidazole rings is 1. The summed E-state index contributed by atoms with van der Waals surface area (Å²) in [4.78, 5) is 15.6. The molecule has 2 rings (SSSR count). The third-order valence-corrected chi connectivity index (χ3v) is 2.36. The Morgan fingerprint density at radius 2 is 2.00 bits per heavy atom. The molecule has 0 aliphatic heterocycles. The van der Waals surface area contributed by atoms with Crippen molar-refractivity contribution in [3.05, 3.63) is 42.4 Å². The number of carbonyl (C=O) groups excluding carboxylic acids is 1. The molecule has 4 heteroatoms. The minimum atomic E-state index is -0.417. The number of ether oxygens (including phenoxy) is 1. The van der Waals surface area contributed by atoms with Gasteiger partial charge in [0.05, 0.1) is 19.1 Å². The van der Waals surface area contributed by atoms with Gasteiger partial charge in [0.15, 0.2) is 5.69 Å². The van der Waals surface area contributed by atoms with Crippen LogP contribution in [-0.2, 0) is 11.8 Å². The van der Waals surface area contributed by atoms with E-state index in [2.05, 4.69) is 4.98 Å². The average Bonchev–Trinajstić information content (AvgIpc) is 2.71. The first-order chi connectivity index (χ1) is 7.74. The van der Waals surface area contributed by atoms with Crippen molar-refractivity contribution in [1.82, 2.24) is 9.55 Å². The van der Waals surface area contributed by atoms with Gasteiger partial charge in [-0.15, -0.1) is 0 Å². The largest absolute Gasteiger partial charge is 0.464 e. The molecule has 1 aromatic heterocycles. The summed E-state index contributed by atoms with van der Waals surface area (Å²) < 4.78 is 6.50. The fourth-order valence-corrected chi connectivity index (χ4v) is 1.61. The van der Waals surface area contributed by atoms with Crippen LogP contribution in [0.3, 0.4) is 0 Å². The number of methoxy groups -OCH3 is 1. The van der Waals surface area contributed by atoms with Gasteiger partial charge >= 0.3 is 5.97 Å². The van der Waals surface area contributed by atoms with Gasteiger partial charge in [-0.3, -0.25) is 0 Å². The van der Waals surface area contributed by atoms with Gasteiger partial charge in [0.25, 0.3) is 0 Å². The van der Waals surface area contributed by atoms with Crippen LogP contribution in [0.25, 0.3) is 11.3 Å². The molecule has 4 nitrogen and oxygen atoms in total. The maximum atomic E-state index is 11.5. The first kappa shape index (κ1) is 10.4. The van der Waals surface area contributed by atoms with E-state index in [1.165, 1.54) is 7.11 Å². The van der Waals surface area contributed by atoms with E-state index in [4.69, 9.17) is 4.74 Å². The Labute approximate surface area is 93.5 Å². The van der Waals surface area contributed by atoms with Crippen molar-refractivity contribution in [2.75, 3.05) is 7.11 Å². The van der Waals surface area contributed by atoms with Crippen LogP contribution in [0.1, 0.15) is 10.5 Å². The van der Waals surface area contributed by atoms with E-state index in [-0.39, 0.29) is 0 Å². The lowest BCUT2D eigenvalue weighted by molar-refractivity contribution is 0.0595. The van der Waals surface area contributed by atoms with Crippen LogP contribution >= 0.6 is 0 Å². The Bertz CT molecular complexity index is 503. The maximum absolute atomic E-state index is 11.5. The van der Waals surface area contributed by atoms with Crippen LogP contribution in [0.15, 0.2) is 36.7 Å². The van der Waals surface area contributed by atoms with Gasteiger partial charge in [-0.2, -0.15) is 0 Å². The monoisotopic (exact) mass is 216 g/mol. The molecule has 2 aromatic rings. The highest BCUT2D eigenvalue weighted by atomic mass is 16.5. The third kappa shape index (κ3) is 1.69. The average molecular weight is 216 g/mol. The highest BCUT2D eigenvalue weighted by molar-refractivity contribution is 5.94. The van der Waals surface area contributed by atoms with Crippen molar-refractivity contribution >= 4 is 5.97 Å². The smallest absolute Gasteiger partial charge is 0.358 e. The Kier molecular flexibility index (Phi) is 2.72. The maximum Gasteiger partial charge on any atom is 0.358 e. The Morgan fingerprint density at radius 1 is 1.31 bits per heavy atom. The van der Waals surface area contributed by atoms with Crippen molar-refractivity contribution in [2.24, 2.45) is 7.05 Å². The SMILES string of the molecule is COC(=O)c1ncn(C)c1-c1ccccc1. The van der Waals surface area contributed by atoms with E-state index in [0.29, 0.717) is 5.69 Å². The molecule has 0 saturated carbocycles. The van der Waals surface area contributed by atoms with E-state index >= 15 is 0 Å². The summed E-state index contributed by atoms with van der Waals surface area (Å²) in [6, 6.07) is 9.64. The Hall–Kier alpha value is -2.10. The van der Waals surface area contributed by atoms with Gasteiger partial charge in [-0.25, -0.2) is 9.78 Å². The molecule has 0 aliphatic carbocycles. The van der Waals surface area contributed by atoms with Gasteiger partial charge in [-0.1, -0.05) is 30.3 Å². The van der Waals surface area contributed by atoms with E-state index < -0.39 is 5.97 Å². The third-order valence-electron chi connectivity index (χ3n) is 2.36. The van der Waals surface area contributed by atoms with Crippen LogP contribution in [0.2, 0.25) is 0 Å². The lowest BCUT2D eigenvalue weighted by Gasteiger charge is -2.04. The lowest BCUT2D eigenvalue weighted by Crippen LogP contribution is -2.04. The van der Waals surface area contributed by atoms with E-state index in [9.17, 15) is 4.79 Å². The number of rotatable bonds is 2. The summed E-state index contributed by atoms with van der Waals surface area (Å²) in [7, 11) is 3.20. The molecule has 0 fully saturated rings. The normalized spacial score (nSPS) is 10.1. The second-order valence-corrected chi connectivity index (χ2v) is 3.41. The van der Waals surface area contributed by atoms with Gasteiger partial charge < -0.3 is 9.30 Å². The van der Waals surface area contributed by atoms with Crippen LogP contribution in [0, 0.1) is 0 Å². The first-order valence-corrected chi connectivity index (χ1v) is 4.89. The predicted molar refractivity (Wildman–Crippen MR) is 60.0 cm³/mol. The molecular formula is C12H12N2O2. The molecule has 0 bridgehead atoms. The molecule has 0 N–H and O–H groups in total. The van der Waals surface area contributed by atoms with E-state index in [1.807, 2.05) is 41.9 Å². The highest BCUT2D eigenvalue weighted by Gasteiger charge is 2.18. The lowest BCUT2D eigenvalue weighted by atomic mass is 10.1. The summed E-state index contributed by atoms with van der Waals surface area (Å²) in [6.45, 7) is 0. The van der Waals surface area contributed by atoms with Gasteiger partial charge in [0.2, 0.25) is 0 Å². The van der Waals surface area contributed by atoms with Crippen molar-refractivity contribution in [3.63, 3.8) is 0 Å². The number of aryl methyl sites for hydroxylation is 1. The molecule has 0 spiro atoms. The standard InChI is InChI=1S/C12H12N2O2/c1-14-8-13-10(12(15)16-2)11(14)9-6-4-3-5-7-9/h3-8H,1-2H3. The summed E-state index contributed by atoms with van der Waals surface area (Å²) in [5, 5.41) is 0. The molecule has 16 heavy (non-hydrogen) atoms. The fraction of sp³-hybridized carbons (Fsp3) is 0.167. The number of hydrogen-bond acceptors (Lipinski definition) is 3. The molecule has 0 aliphatic rings. The highest BCUT2D eigenvalue weighted by Crippen LogP contribution is 2.22. The van der Waals surface area contributed by atoms with Gasteiger partial charge in [0, 0.05) is 12.6 Å². The van der Waals surface area contributed by atoms with Gasteiger partial charge in [-0.05, 0) is 0 Å². The molecule has 0 saturated heterocycles. The number of carbonyl (C=O) groups is 1. The van der Waals surface area contributed by atoms with Crippen molar-refractivity contribution < 1.29 is 9.53 Å². The molecule has 0 atom stereocenters. The van der Waals surface area contributed by atoms with Crippen molar-refractivity contribution in [1.29, 1.82) is 0 Å². The number of benzene rings is 1. The second kappa shape index (κ2) is 4.18. The predicted octanol–water partition coefficient (Wildman–Crippen LogP) is 1.87. The van der Waals surface area contributed by atoms with Gasteiger partial charge in [0.1, 0.15) is 0 Å². The molecule has 1 aromatic carbocycles. The number of aromatic nitrogens is 2. The molecule has 0 radical (unpaired) electrons. The topological polar surface area (TPSA) is 44.1 Å². The molecule has 0 amide bonds. The fourth-order valence-electron chi connectivity index (χ4n) is 1.61. The second-order valence-electron chi connectivity index (χ2n) is 3.41. The quantitative estimate of drug-likeness (QED) is 0.720. The number of nitrogens with zero attached hydrogens (tertiary/aromatic N) is 2. The van der Waals surface area contributed by atoms with E-state index in [1.54, 1.807) is 6.33 Å². The van der Waals surface area contributed by atoms with Crippen LogP contribution in [0.5, 0.6) is 0 Å². The Balaban J connectivity index is 2.56. The zero-order valence-corrected chi connectivity index (χ0v) is 9.18. The number of hydrogen-bond donors (Lipinski definition) is 0. The summed E-state index contributed by atoms with van der Waals surface area (Å²) in [5.41, 5.74) is 2.06. The van der Waals surface area contributed by atoms with Crippen LogP contribution in [0.4, 0.5) is 0 Å². The van der Waals surface area contributed by atoms with Crippen molar-refractivity contribution in [3.8, 4) is 11.3 Å². The number of esters is 1. The minimum absolute atomic E-state index is 0.344. The van der Waals surface area contributed by atoms with Crippen LogP contribution in [-0.4, -0.2) is 22.6 Å². The van der Waals surface area contributed by atoms with E-state index in [0.717, 1.165) is 11.3 Å². The summed E-state index contributed by atoms with van der Waals surface area (Å²) >= 11 is 0. The molecule has 82 valence electrons. The summed E-state index contributed by atoms with van der Waals surface area (Å²) in [5.74, 6) is -0.417. The molecule has 0 unspecified atom stereocenters. The first-order valence-electron chi connectivity index (χ1n) is 4.89. The Morgan fingerprint density at radius 3 is 2.62 bits per heavy atom. The molecular weight excluding hydrogens is 204 g/mol. The van der Waals surface area contributed by atoms with Crippen molar-refractivity contribution in [2.45, 2.75) is 0 Å². The van der Waals surface area contributed by atoms with Crippen LogP contribution < -0.4 is 0 Å².